The van der Waals surface area contributed by atoms with Crippen molar-refractivity contribution in [2.75, 3.05) is 0 Å². The second kappa shape index (κ2) is 6.52. The molecular formula is C15H12BrFO3. The lowest BCUT2D eigenvalue weighted by molar-refractivity contribution is -0.136. The zero-order valence-corrected chi connectivity index (χ0v) is 12.1. The molecule has 0 amide bonds. The van der Waals surface area contributed by atoms with Crippen molar-refractivity contribution < 1.29 is 19.0 Å². The molecule has 0 fully saturated rings. The lowest BCUT2D eigenvalue weighted by atomic mass is 10.1. The highest BCUT2D eigenvalue weighted by molar-refractivity contribution is 9.10. The molecule has 2 aromatic rings. The van der Waals surface area contributed by atoms with Gasteiger partial charge in [0.15, 0.2) is 0 Å². The van der Waals surface area contributed by atoms with E-state index >= 15 is 0 Å². The molecule has 0 unspecified atom stereocenters. The summed E-state index contributed by atoms with van der Waals surface area (Å²) < 4.78 is 19.0. The van der Waals surface area contributed by atoms with Gasteiger partial charge in [-0.15, -0.1) is 0 Å². The number of rotatable bonds is 5. The molecule has 0 saturated carbocycles. The highest BCUT2D eigenvalue weighted by atomic mass is 79.9. The van der Waals surface area contributed by atoms with Gasteiger partial charge < -0.3 is 9.84 Å². The molecule has 0 atom stereocenters. The van der Waals surface area contributed by atoms with Crippen LogP contribution in [0.25, 0.3) is 0 Å². The van der Waals surface area contributed by atoms with Crippen LogP contribution in [0.3, 0.4) is 0 Å². The number of aliphatic carboxylic acids is 1. The quantitative estimate of drug-likeness (QED) is 0.901. The Labute approximate surface area is 124 Å². The molecule has 20 heavy (non-hydrogen) atoms. The average molecular weight is 339 g/mol. The molecule has 0 aliphatic heterocycles. The van der Waals surface area contributed by atoms with E-state index in [4.69, 9.17) is 9.84 Å². The van der Waals surface area contributed by atoms with Crippen LogP contribution >= 0.6 is 15.9 Å². The minimum absolute atomic E-state index is 0.00874. The first-order chi connectivity index (χ1) is 9.54. The van der Waals surface area contributed by atoms with Crippen molar-refractivity contribution in [3.8, 4) is 5.75 Å². The molecular weight excluding hydrogens is 327 g/mol. The Balaban J connectivity index is 1.96. The number of hydrogen-bond acceptors (Lipinski definition) is 2. The van der Waals surface area contributed by atoms with E-state index in [1.807, 2.05) is 0 Å². The number of halogens is 2. The van der Waals surface area contributed by atoms with Crippen LogP contribution in [-0.2, 0) is 17.8 Å². The summed E-state index contributed by atoms with van der Waals surface area (Å²) in [6, 6.07) is 11.5. The van der Waals surface area contributed by atoms with E-state index in [9.17, 15) is 9.18 Å². The fourth-order valence-electron chi connectivity index (χ4n) is 1.67. The molecule has 0 bridgehead atoms. The Morgan fingerprint density at radius 3 is 2.40 bits per heavy atom. The summed E-state index contributed by atoms with van der Waals surface area (Å²) in [6.07, 6.45) is -0.00874. The molecule has 104 valence electrons. The Bertz CT molecular complexity index is 611. The monoisotopic (exact) mass is 338 g/mol. The van der Waals surface area contributed by atoms with Crippen LogP contribution in [-0.4, -0.2) is 11.1 Å². The van der Waals surface area contributed by atoms with Gasteiger partial charge in [0.1, 0.15) is 18.2 Å². The Hall–Kier alpha value is -1.88. The lowest BCUT2D eigenvalue weighted by Gasteiger charge is -2.07. The first kappa shape index (κ1) is 14.5. The van der Waals surface area contributed by atoms with Gasteiger partial charge in [-0.25, -0.2) is 4.39 Å². The smallest absolute Gasteiger partial charge is 0.307 e. The standard InChI is InChI=1S/C15H12BrFO3/c16-13-7-11(3-6-14(13)17)9-20-12-4-1-10(2-5-12)8-15(18)19/h1-7H,8-9H2,(H,18,19). The maximum absolute atomic E-state index is 13.1. The second-order valence-corrected chi connectivity index (χ2v) is 5.11. The van der Waals surface area contributed by atoms with Crippen LogP contribution in [0.4, 0.5) is 4.39 Å². The summed E-state index contributed by atoms with van der Waals surface area (Å²) in [5.41, 5.74) is 1.56. The molecule has 5 heteroatoms. The van der Waals surface area contributed by atoms with E-state index in [0.717, 1.165) is 11.1 Å². The number of carbonyl (C=O) groups is 1. The van der Waals surface area contributed by atoms with E-state index in [0.29, 0.717) is 16.8 Å². The average Bonchev–Trinajstić information content (AvgIpc) is 2.41. The van der Waals surface area contributed by atoms with E-state index in [-0.39, 0.29) is 12.2 Å². The first-order valence-corrected chi connectivity index (χ1v) is 6.71. The molecule has 0 spiro atoms. The third-order valence-electron chi connectivity index (χ3n) is 2.67. The molecule has 3 nitrogen and oxygen atoms in total. The van der Waals surface area contributed by atoms with Gasteiger partial charge in [0.2, 0.25) is 0 Å². The maximum Gasteiger partial charge on any atom is 0.307 e. The predicted octanol–water partition coefficient (Wildman–Crippen LogP) is 3.79. The Kier molecular flexibility index (Phi) is 4.74. The topological polar surface area (TPSA) is 46.5 Å². The molecule has 0 aliphatic rings. The van der Waals surface area contributed by atoms with Gasteiger partial charge in [-0.2, -0.15) is 0 Å². The van der Waals surface area contributed by atoms with Gasteiger partial charge in [0.25, 0.3) is 0 Å². The Morgan fingerprint density at radius 1 is 1.15 bits per heavy atom. The third-order valence-corrected chi connectivity index (χ3v) is 3.28. The van der Waals surface area contributed by atoms with Crippen molar-refractivity contribution in [3.63, 3.8) is 0 Å². The van der Waals surface area contributed by atoms with Crippen LogP contribution in [0.2, 0.25) is 0 Å². The third kappa shape index (κ3) is 4.06. The van der Waals surface area contributed by atoms with E-state index < -0.39 is 5.97 Å². The summed E-state index contributed by atoms with van der Waals surface area (Å²) in [6.45, 7) is 0.317. The molecule has 2 aromatic carbocycles. The fourth-order valence-corrected chi connectivity index (χ4v) is 2.10. The number of carboxylic acid groups (broad SMARTS) is 1. The number of hydrogen-bond donors (Lipinski definition) is 1. The van der Waals surface area contributed by atoms with Crippen molar-refractivity contribution in [2.45, 2.75) is 13.0 Å². The first-order valence-electron chi connectivity index (χ1n) is 5.92. The minimum atomic E-state index is -0.866. The molecule has 0 aliphatic carbocycles. The normalized spacial score (nSPS) is 10.3. The fraction of sp³-hybridized carbons (Fsp3) is 0.133. The van der Waals surface area contributed by atoms with Gasteiger partial charge in [-0.3, -0.25) is 4.79 Å². The largest absolute Gasteiger partial charge is 0.489 e. The molecule has 0 heterocycles. The zero-order valence-electron chi connectivity index (χ0n) is 10.5. The predicted molar refractivity (Wildman–Crippen MR) is 76.2 cm³/mol. The highest BCUT2D eigenvalue weighted by Gasteiger charge is 2.03. The molecule has 0 aromatic heterocycles. The van der Waals surface area contributed by atoms with Crippen molar-refractivity contribution in [3.05, 3.63) is 63.9 Å². The lowest BCUT2D eigenvalue weighted by Crippen LogP contribution is -2.00. The number of benzene rings is 2. The van der Waals surface area contributed by atoms with Crippen LogP contribution in [0.15, 0.2) is 46.9 Å². The minimum Gasteiger partial charge on any atom is -0.489 e. The summed E-state index contributed by atoms with van der Waals surface area (Å²) in [4.78, 5) is 10.6. The molecule has 0 radical (unpaired) electrons. The number of ether oxygens (including phenoxy) is 1. The van der Waals surface area contributed by atoms with Crippen molar-refractivity contribution in [1.29, 1.82) is 0 Å². The summed E-state index contributed by atoms with van der Waals surface area (Å²) in [5.74, 6) is -0.541. The van der Waals surface area contributed by atoms with E-state index in [1.165, 1.54) is 6.07 Å². The van der Waals surface area contributed by atoms with E-state index in [2.05, 4.69) is 15.9 Å². The van der Waals surface area contributed by atoms with Gasteiger partial charge in [0, 0.05) is 0 Å². The zero-order chi connectivity index (χ0) is 14.5. The van der Waals surface area contributed by atoms with Crippen LogP contribution in [0, 0.1) is 5.82 Å². The SMILES string of the molecule is O=C(O)Cc1ccc(OCc2ccc(F)c(Br)c2)cc1. The van der Waals surface area contributed by atoms with Crippen LogP contribution in [0.5, 0.6) is 5.75 Å². The van der Waals surface area contributed by atoms with Gasteiger partial charge in [-0.05, 0) is 51.3 Å². The van der Waals surface area contributed by atoms with Crippen LogP contribution < -0.4 is 4.74 Å². The molecule has 2 rings (SSSR count). The second-order valence-electron chi connectivity index (χ2n) is 4.25. The van der Waals surface area contributed by atoms with E-state index in [1.54, 1.807) is 36.4 Å². The maximum atomic E-state index is 13.1. The van der Waals surface area contributed by atoms with Crippen molar-refractivity contribution in [2.24, 2.45) is 0 Å². The molecule has 1 N–H and O–H groups in total. The summed E-state index contributed by atoms with van der Waals surface area (Å²) >= 11 is 3.12. The summed E-state index contributed by atoms with van der Waals surface area (Å²) in [5, 5.41) is 8.67. The van der Waals surface area contributed by atoms with Crippen LogP contribution in [0.1, 0.15) is 11.1 Å². The van der Waals surface area contributed by atoms with Gasteiger partial charge in [-0.1, -0.05) is 18.2 Å². The Morgan fingerprint density at radius 2 is 1.80 bits per heavy atom. The highest BCUT2D eigenvalue weighted by Crippen LogP contribution is 2.19. The van der Waals surface area contributed by atoms with Crippen molar-refractivity contribution >= 4 is 21.9 Å². The summed E-state index contributed by atoms with van der Waals surface area (Å²) in [7, 11) is 0. The number of carboxylic acids is 1. The van der Waals surface area contributed by atoms with Gasteiger partial charge >= 0.3 is 5.97 Å². The van der Waals surface area contributed by atoms with Gasteiger partial charge in [0.05, 0.1) is 10.9 Å². The molecule has 0 saturated heterocycles. The van der Waals surface area contributed by atoms with Crippen molar-refractivity contribution in [1.82, 2.24) is 0 Å².